The summed E-state index contributed by atoms with van der Waals surface area (Å²) in [7, 11) is 0. The summed E-state index contributed by atoms with van der Waals surface area (Å²) >= 11 is 5.90. The molecule has 1 aliphatic rings. The van der Waals surface area contributed by atoms with E-state index in [0.717, 1.165) is 38.8 Å². The third kappa shape index (κ3) is 5.73. The molecule has 3 rings (SSSR count). The zero-order valence-electron chi connectivity index (χ0n) is 16.7. The normalized spacial score (nSPS) is 15.3. The lowest BCUT2D eigenvalue weighted by Crippen LogP contribution is -2.35. The molecule has 0 saturated carbocycles. The third-order valence-corrected chi connectivity index (χ3v) is 5.32. The van der Waals surface area contributed by atoms with Crippen molar-refractivity contribution in [1.29, 1.82) is 0 Å². The lowest BCUT2D eigenvalue weighted by Gasteiger charge is -2.23. The van der Waals surface area contributed by atoms with Gasteiger partial charge in [-0.05, 0) is 55.7 Å². The number of nitrogens with zero attached hydrogens (tertiary/aromatic N) is 1. The molecule has 2 aromatic rings. The summed E-state index contributed by atoms with van der Waals surface area (Å²) in [6.45, 7) is 3.41. The van der Waals surface area contributed by atoms with Gasteiger partial charge in [0.2, 0.25) is 0 Å². The third-order valence-electron chi connectivity index (χ3n) is 5.06. The van der Waals surface area contributed by atoms with Crippen LogP contribution in [-0.2, 0) is 4.79 Å². The lowest BCUT2D eigenvalue weighted by molar-refractivity contribution is -0.122. The molecule has 0 aliphatic carbocycles. The van der Waals surface area contributed by atoms with Gasteiger partial charge in [-0.1, -0.05) is 43.5 Å². The average Bonchev–Trinajstić information content (AvgIpc) is 3.03. The molecular weight excluding hydrogens is 388 g/mol. The molecule has 1 atom stereocenters. The molecule has 0 bridgehead atoms. The molecule has 1 heterocycles. The fourth-order valence-electron chi connectivity index (χ4n) is 3.44. The van der Waals surface area contributed by atoms with Crippen LogP contribution < -0.4 is 10.1 Å². The second-order valence-electron chi connectivity index (χ2n) is 7.21. The number of likely N-dealkylation sites (tertiary alicyclic amines) is 1. The Labute approximate surface area is 177 Å². The first kappa shape index (κ1) is 21.2. The Hall–Kier alpha value is -2.53. The largest absolute Gasteiger partial charge is 0.481 e. The number of hydrogen-bond donors (Lipinski definition) is 1. The molecular formula is C23H27ClN2O3. The Balaban J connectivity index is 1.72. The predicted octanol–water partition coefficient (Wildman–Crippen LogP) is 5.15. The van der Waals surface area contributed by atoms with Gasteiger partial charge in [-0.25, -0.2) is 0 Å². The molecule has 5 nitrogen and oxygen atoms in total. The summed E-state index contributed by atoms with van der Waals surface area (Å²) in [6.07, 6.45) is 4.18. The van der Waals surface area contributed by atoms with Crippen LogP contribution in [0, 0.1) is 0 Å². The molecule has 6 heteroatoms. The molecule has 0 aromatic heterocycles. The van der Waals surface area contributed by atoms with E-state index in [4.69, 9.17) is 16.3 Å². The van der Waals surface area contributed by atoms with E-state index in [2.05, 4.69) is 5.32 Å². The fourth-order valence-corrected chi connectivity index (χ4v) is 3.56. The summed E-state index contributed by atoms with van der Waals surface area (Å²) in [5.41, 5.74) is 1.04. The maximum absolute atomic E-state index is 13.0. The van der Waals surface area contributed by atoms with Gasteiger partial charge in [-0.2, -0.15) is 0 Å². The van der Waals surface area contributed by atoms with Crippen LogP contribution in [0.15, 0.2) is 48.5 Å². The number of para-hydroxylation sites is 1. The van der Waals surface area contributed by atoms with E-state index in [1.807, 2.05) is 24.0 Å². The van der Waals surface area contributed by atoms with Crippen molar-refractivity contribution in [3.8, 4) is 5.75 Å². The zero-order chi connectivity index (χ0) is 20.6. The maximum Gasteiger partial charge on any atom is 0.265 e. The van der Waals surface area contributed by atoms with Crippen molar-refractivity contribution in [2.45, 2.75) is 45.1 Å². The van der Waals surface area contributed by atoms with E-state index in [1.165, 1.54) is 0 Å². The number of halogens is 1. The topological polar surface area (TPSA) is 58.6 Å². The van der Waals surface area contributed by atoms with Gasteiger partial charge in [0.15, 0.2) is 6.10 Å². The van der Waals surface area contributed by atoms with Crippen LogP contribution in [0.3, 0.4) is 0 Å². The highest BCUT2D eigenvalue weighted by molar-refractivity contribution is 6.30. The van der Waals surface area contributed by atoms with Crippen molar-refractivity contribution in [2.75, 3.05) is 18.4 Å². The Morgan fingerprint density at radius 1 is 1.03 bits per heavy atom. The van der Waals surface area contributed by atoms with Crippen molar-refractivity contribution in [2.24, 2.45) is 0 Å². The molecule has 1 fully saturated rings. The van der Waals surface area contributed by atoms with E-state index >= 15 is 0 Å². The quantitative estimate of drug-likeness (QED) is 0.710. The molecule has 1 N–H and O–H groups in total. The smallest absolute Gasteiger partial charge is 0.265 e. The van der Waals surface area contributed by atoms with Crippen LogP contribution in [0.4, 0.5) is 5.69 Å². The van der Waals surface area contributed by atoms with Crippen LogP contribution in [-0.4, -0.2) is 35.9 Å². The Morgan fingerprint density at radius 2 is 1.69 bits per heavy atom. The van der Waals surface area contributed by atoms with Crippen LogP contribution in [0.5, 0.6) is 5.75 Å². The summed E-state index contributed by atoms with van der Waals surface area (Å²) in [4.78, 5) is 27.8. The number of anilines is 1. The lowest BCUT2D eigenvalue weighted by atomic mass is 10.1. The molecule has 1 aliphatic heterocycles. The minimum Gasteiger partial charge on any atom is -0.481 e. The fraction of sp³-hybridized carbons (Fsp3) is 0.391. The molecule has 1 saturated heterocycles. The van der Waals surface area contributed by atoms with Gasteiger partial charge >= 0.3 is 0 Å². The number of ether oxygens (including phenoxy) is 1. The van der Waals surface area contributed by atoms with E-state index < -0.39 is 6.10 Å². The van der Waals surface area contributed by atoms with Crippen LogP contribution >= 0.6 is 11.6 Å². The highest BCUT2D eigenvalue weighted by atomic mass is 35.5. The van der Waals surface area contributed by atoms with E-state index in [1.54, 1.807) is 36.4 Å². The van der Waals surface area contributed by atoms with Crippen LogP contribution in [0.1, 0.15) is 49.4 Å². The van der Waals surface area contributed by atoms with Crippen molar-refractivity contribution in [1.82, 2.24) is 4.90 Å². The number of rotatable bonds is 6. The summed E-state index contributed by atoms with van der Waals surface area (Å²) in [6, 6.07) is 14.1. The summed E-state index contributed by atoms with van der Waals surface area (Å²) < 4.78 is 5.82. The van der Waals surface area contributed by atoms with Crippen molar-refractivity contribution < 1.29 is 14.3 Å². The van der Waals surface area contributed by atoms with Crippen molar-refractivity contribution >= 4 is 29.1 Å². The van der Waals surface area contributed by atoms with Gasteiger partial charge in [0, 0.05) is 18.1 Å². The molecule has 2 aromatic carbocycles. The SMILES string of the molecule is CC[C@H](Oc1ccc(Cl)cc1)C(=O)Nc1ccccc1C(=O)N1CCCCCC1. The van der Waals surface area contributed by atoms with Gasteiger partial charge in [0.25, 0.3) is 11.8 Å². The van der Waals surface area contributed by atoms with Crippen molar-refractivity contribution in [3.05, 3.63) is 59.1 Å². The van der Waals surface area contributed by atoms with Crippen LogP contribution in [0.25, 0.3) is 0 Å². The minimum absolute atomic E-state index is 0.0329. The van der Waals surface area contributed by atoms with E-state index in [-0.39, 0.29) is 11.8 Å². The summed E-state index contributed by atoms with van der Waals surface area (Å²) in [5.74, 6) is 0.262. The first-order chi connectivity index (χ1) is 14.1. The maximum atomic E-state index is 13.0. The standard InChI is InChI=1S/C23H27ClN2O3/c1-2-21(29-18-13-11-17(24)12-14-18)22(27)25-20-10-6-5-9-19(20)23(28)26-15-7-3-4-8-16-26/h5-6,9-14,21H,2-4,7-8,15-16H2,1H3,(H,25,27)/t21-/m0/s1. The second kappa shape index (κ2) is 10.3. The van der Waals surface area contributed by atoms with Gasteiger partial charge in [0.05, 0.1) is 11.3 Å². The molecule has 2 amide bonds. The molecule has 154 valence electrons. The van der Waals surface area contributed by atoms with Gasteiger partial charge in [-0.15, -0.1) is 0 Å². The van der Waals surface area contributed by atoms with E-state index in [9.17, 15) is 9.59 Å². The van der Waals surface area contributed by atoms with Crippen LogP contribution in [0.2, 0.25) is 5.02 Å². The Bertz CT molecular complexity index is 830. The predicted molar refractivity (Wildman–Crippen MR) is 116 cm³/mol. The molecule has 0 spiro atoms. The molecule has 0 radical (unpaired) electrons. The van der Waals surface area contributed by atoms with Gasteiger partial charge in [-0.3, -0.25) is 9.59 Å². The first-order valence-corrected chi connectivity index (χ1v) is 10.6. The van der Waals surface area contributed by atoms with Gasteiger partial charge in [0.1, 0.15) is 5.75 Å². The van der Waals surface area contributed by atoms with E-state index in [0.29, 0.717) is 28.4 Å². The number of nitrogens with one attached hydrogen (secondary N) is 1. The number of amides is 2. The second-order valence-corrected chi connectivity index (χ2v) is 7.65. The Kier molecular flexibility index (Phi) is 7.53. The highest BCUT2D eigenvalue weighted by Gasteiger charge is 2.23. The number of carbonyl (C=O) groups excluding carboxylic acids is 2. The average molecular weight is 415 g/mol. The minimum atomic E-state index is -0.669. The molecule has 29 heavy (non-hydrogen) atoms. The number of carbonyl (C=O) groups is 2. The number of hydrogen-bond acceptors (Lipinski definition) is 3. The highest BCUT2D eigenvalue weighted by Crippen LogP contribution is 2.22. The monoisotopic (exact) mass is 414 g/mol. The molecule has 0 unspecified atom stereocenters. The first-order valence-electron chi connectivity index (χ1n) is 10.2. The zero-order valence-corrected chi connectivity index (χ0v) is 17.5. The summed E-state index contributed by atoms with van der Waals surface area (Å²) in [5, 5.41) is 3.50. The van der Waals surface area contributed by atoms with Crippen molar-refractivity contribution in [3.63, 3.8) is 0 Å². The van der Waals surface area contributed by atoms with Gasteiger partial charge < -0.3 is 15.0 Å². The number of benzene rings is 2. The Morgan fingerprint density at radius 3 is 2.34 bits per heavy atom.